The Morgan fingerprint density at radius 1 is 1.17 bits per heavy atom. The summed E-state index contributed by atoms with van der Waals surface area (Å²) in [5.41, 5.74) is 10.5. The summed E-state index contributed by atoms with van der Waals surface area (Å²) in [6, 6.07) is 6.72. The average molecular weight is 499 g/mol. The van der Waals surface area contributed by atoms with Crippen LogP contribution in [0.3, 0.4) is 0 Å². The number of fused-ring (bicyclic) bond motifs is 1. The molecule has 0 saturated carbocycles. The summed E-state index contributed by atoms with van der Waals surface area (Å²) in [7, 11) is 0. The molecule has 35 heavy (non-hydrogen) atoms. The van der Waals surface area contributed by atoms with Crippen molar-refractivity contribution >= 4 is 46.1 Å². The van der Waals surface area contributed by atoms with Gasteiger partial charge in [-0.15, -0.1) is 0 Å². The van der Waals surface area contributed by atoms with Crippen molar-refractivity contribution < 1.29 is 9.59 Å². The predicted molar refractivity (Wildman–Crippen MR) is 137 cm³/mol. The summed E-state index contributed by atoms with van der Waals surface area (Å²) >= 11 is 5.49. The molecule has 186 valence electrons. The van der Waals surface area contributed by atoms with Crippen LogP contribution in [0.1, 0.15) is 48.3 Å². The second-order valence-corrected chi connectivity index (χ2v) is 8.76. The van der Waals surface area contributed by atoms with Crippen LogP contribution < -0.4 is 21.2 Å². The van der Waals surface area contributed by atoms with E-state index in [1.54, 1.807) is 29.2 Å². The fourth-order valence-electron chi connectivity index (χ4n) is 4.45. The Hall–Kier alpha value is -3.53. The molecule has 0 radical (unpaired) electrons. The zero-order chi connectivity index (χ0) is 24.9. The Labute approximate surface area is 209 Å². The van der Waals surface area contributed by atoms with Gasteiger partial charge in [-0.3, -0.25) is 4.79 Å². The summed E-state index contributed by atoms with van der Waals surface area (Å²) in [6.45, 7) is 6.32. The molecule has 1 fully saturated rings. The molecule has 2 aromatic heterocycles. The number of piperidine rings is 1. The van der Waals surface area contributed by atoms with E-state index in [9.17, 15) is 9.59 Å². The van der Waals surface area contributed by atoms with Crippen molar-refractivity contribution in [2.24, 2.45) is 0 Å². The van der Waals surface area contributed by atoms with Gasteiger partial charge in [0, 0.05) is 66.5 Å². The summed E-state index contributed by atoms with van der Waals surface area (Å²) < 4.78 is 1.88. The number of pyridine rings is 1. The lowest BCUT2D eigenvalue weighted by Crippen LogP contribution is -2.45. The molecular formula is C24H31ClN8O2. The van der Waals surface area contributed by atoms with Gasteiger partial charge in [-0.25, -0.2) is 19.3 Å². The first-order valence-electron chi connectivity index (χ1n) is 11.9. The Kier molecular flexibility index (Phi) is 7.60. The van der Waals surface area contributed by atoms with Crippen molar-refractivity contribution in [3.05, 3.63) is 47.3 Å². The van der Waals surface area contributed by atoms with Gasteiger partial charge >= 0.3 is 6.03 Å². The second-order valence-electron chi connectivity index (χ2n) is 8.57. The maximum atomic E-state index is 12.8. The van der Waals surface area contributed by atoms with Gasteiger partial charge in [-0.05, 0) is 50.5 Å². The maximum absolute atomic E-state index is 12.8. The number of urea groups is 1. The largest absolute Gasteiger partial charge is 0.399 e. The molecule has 0 aliphatic carbocycles. The molecule has 0 atom stereocenters. The Balaban J connectivity index is 1.62. The summed E-state index contributed by atoms with van der Waals surface area (Å²) in [6.07, 6.45) is 4.08. The highest BCUT2D eigenvalue weighted by atomic mass is 35.5. The number of anilines is 2. The molecule has 4 rings (SSSR count). The molecule has 1 aromatic carbocycles. The third kappa shape index (κ3) is 5.27. The number of aryl methyl sites for hydroxylation is 2. The normalized spacial score (nSPS) is 14.2. The lowest BCUT2D eigenvalue weighted by Gasteiger charge is -2.33. The van der Waals surface area contributed by atoms with Crippen molar-refractivity contribution in [2.45, 2.75) is 52.2 Å². The van der Waals surface area contributed by atoms with Crippen LogP contribution in [0.25, 0.3) is 11.0 Å². The smallest absolute Gasteiger partial charge is 0.331 e. The zero-order valence-electron chi connectivity index (χ0n) is 20.0. The van der Waals surface area contributed by atoms with Gasteiger partial charge in [0.05, 0.1) is 17.3 Å². The number of nitrogens with one attached hydrogen (secondary N) is 3. The number of halogens is 1. The number of aromatic nitrogens is 3. The van der Waals surface area contributed by atoms with Gasteiger partial charge in [0.2, 0.25) is 0 Å². The van der Waals surface area contributed by atoms with Crippen molar-refractivity contribution in [2.75, 3.05) is 24.1 Å². The van der Waals surface area contributed by atoms with Crippen molar-refractivity contribution in [1.29, 1.82) is 0 Å². The molecule has 3 heterocycles. The first-order valence-corrected chi connectivity index (χ1v) is 12.3. The summed E-state index contributed by atoms with van der Waals surface area (Å²) in [5.74, 6) is -0.178. The van der Waals surface area contributed by atoms with Gasteiger partial charge in [0.1, 0.15) is 0 Å². The summed E-state index contributed by atoms with van der Waals surface area (Å²) in [5, 5.41) is 12.2. The third-order valence-electron chi connectivity index (χ3n) is 6.42. The van der Waals surface area contributed by atoms with Crippen molar-refractivity contribution in [3.8, 4) is 0 Å². The minimum absolute atomic E-state index is 0.154. The van der Waals surface area contributed by atoms with Crippen LogP contribution in [0.4, 0.5) is 16.2 Å². The number of nitrogen functional groups attached to an aromatic ring is 1. The van der Waals surface area contributed by atoms with Gasteiger partial charge < -0.3 is 21.3 Å². The van der Waals surface area contributed by atoms with Gasteiger partial charge in [-0.2, -0.15) is 5.10 Å². The Morgan fingerprint density at radius 2 is 1.89 bits per heavy atom. The quantitative estimate of drug-likeness (QED) is 0.292. The van der Waals surface area contributed by atoms with Crippen LogP contribution in [0.2, 0.25) is 0 Å². The van der Waals surface area contributed by atoms with E-state index >= 15 is 0 Å². The van der Waals surface area contributed by atoms with Crippen molar-refractivity contribution in [1.82, 2.24) is 29.8 Å². The van der Waals surface area contributed by atoms with Gasteiger partial charge in [0.25, 0.3) is 5.91 Å². The number of nitrogens with two attached hydrogens (primary N) is 1. The highest BCUT2D eigenvalue weighted by Crippen LogP contribution is 2.31. The fraction of sp³-hybridized carbons (Fsp3) is 0.417. The number of hydrogen-bond acceptors (Lipinski definition) is 6. The molecule has 0 spiro atoms. The van der Waals surface area contributed by atoms with Crippen LogP contribution in [-0.4, -0.2) is 50.7 Å². The van der Waals surface area contributed by atoms with E-state index in [0.717, 1.165) is 40.8 Å². The molecule has 10 nitrogen and oxygen atoms in total. The minimum Gasteiger partial charge on any atom is -0.399 e. The van der Waals surface area contributed by atoms with E-state index in [0.29, 0.717) is 43.9 Å². The molecule has 1 aliphatic rings. The van der Waals surface area contributed by atoms with E-state index < -0.39 is 0 Å². The predicted octanol–water partition coefficient (Wildman–Crippen LogP) is 3.27. The third-order valence-corrected chi connectivity index (χ3v) is 6.58. The number of amides is 3. The van der Waals surface area contributed by atoms with Crippen LogP contribution in [-0.2, 0) is 19.5 Å². The Morgan fingerprint density at radius 3 is 2.51 bits per heavy atom. The molecule has 11 heteroatoms. The van der Waals surface area contributed by atoms with E-state index in [4.69, 9.17) is 22.5 Å². The number of nitrogens with zero attached hydrogens (tertiary/aromatic N) is 4. The number of carbonyl (C=O) groups excluding carboxylic acids is 2. The average Bonchev–Trinajstić information content (AvgIpc) is 3.30. The lowest BCUT2D eigenvalue weighted by molar-refractivity contribution is 0.0951. The highest BCUT2D eigenvalue weighted by Gasteiger charge is 2.25. The SMILES string of the molecule is CCc1nc2c(cnn2CC)c(NC2CCN(C(=O)NCl)CC2)c1CNC(=O)c1ccc(N)cc1. The van der Waals surface area contributed by atoms with Crippen LogP contribution in [0.5, 0.6) is 0 Å². The first-order chi connectivity index (χ1) is 16.9. The van der Waals surface area contributed by atoms with Crippen molar-refractivity contribution in [3.63, 3.8) is 0 Å². The molecule has 0 unspecified atom stereocenters. The zero-order valence-corrected chi connectivity index (χ0v) is 20.7. The molecular weight excluding hydrogens is 468 g/mol. The summed E-state index contributed by atoms with van der Waals surface area (Å²) in [4.78, 5) is 33.4. The molecule has 5 N–H and O–H groups in total. The number of benzene rings is 1. The Bertz CT molecular complexity index is 1200. The molecule has 0 bridgehead atoms. The molecule has 3 amide bonds. The van der Waals surface area contributed by atoms with E-state index in [1.165, 1.54) is 0 Å². The van der Waals surface area contributed by atoms with E-state index in [-0.39, 0.29) is 18.0 Å². The van der Waals surface area contributed by atoms with Crippen LogP contribution in [0.15, 0.2) is 30.5 Å². The van der Waals surface area contributed by atoms with Gasteiger partial charge in [-0.1, -0.05) is 6.92 Å². The monoisotopic (exact) mass is 498 g/mol. The number of carbonyl (C=O) groups is 2. The minimum atomic E-state index is -0.278. The number of hydrogen-bond donors (Lipinski definition) is 4. The highest BCUT2D eigenvalue weighted by molar-refractivity contribution is 6.21. The first kappa shape index (κ1) is 24.6. The fourth-order valence-corrected chi connectivity index (χ4v) is 4.57. The van der Waals surface area contributed by atoms with Crippen LogP contribution in [0, 0.1) is 0 Å². The van der Waals surface area contributed by atoms with Crippen LogP contribution >= 0.6 is 11.8 Å². The molecule has 3 aromatic rings. The second kappa shape index (κ2) is 10.8. The molecule has 1 saturated heterocycles. The van der Waals surface area contributed by atoms with E-state index in [2.05, 4.69) is 27.5 Å². The maximum Gasteiger partial charge on any atom is 0.331 e. The number of rotatable bonds is 7. The van der Waals surface area contributed by atoms with E-state index in [1.807, 2.05) is 17.8 Å². The topological polar surface area (TPSA) is 130 Å². The van der Waals surface area contributed by atoms with Gasteiger partial charge in [0.15, 0.2) is 5.65 Å². The number of likely N-dealkylation sites (tertiary alicyclic amines) is 1. The lowest BCUT2D eigenvalue weighted by atomic mass is 10.0. The standard InChI is InChI=1S/C24H31ClN8O2/c1-3-20-18(13-27-23(34)15-5-7-16(26)8-6-15)21(19-14-28-33(4-2)22(19)30-20)29-17-9-11-32(12-10-17)24(35)31-25/h5-8,14,17H,3-4,9-13,26H2,1-2H3,(H,27,34)(H,29,30)(H,31,35). The molecule has 1 aliphatic heterocycles.